The van der Waals surface area contributed by atoms with Crippen molar-refractivity contribution < 1.29 is 18.8 Å². The lowest BCUT2D eigenvalue weighted by Gasteiger charge is -2.08. The number of hydrogen-bond acceptors (Lipinski definition) is 5. The van der Waals surface area contributed by atoms with E-state index >= 15 is 0 Å². The van der Waals surface area contributed by atoms with E-state index < -0.39 is 4.83 Å². The number of halogens is 1. The van der Waals surface area contributed by atoms with E-state index in [1.807, 2.05) is 24.3 Å². The molecule has 1 unspecified atom stereocenters. The van der Waals surface area contributed by atoms with E-state index in [9.17, 15) is 4.79 Å². The second-order valence-electron chi connectivity index (χ2n) is 2.77. The standard InChI is InChI=1S/C10H11BrO4S/c1-13-10(12)9(11)7-3-5-8(6-4-7)16-15-14-2/h3-6,9H,1-2H3. The second-order valence-corrected chi connectivity index (χ2v) is 4.46. The highest BCUT2D eigenvalue weighted by Crippen LogP contribution is 2.27. The largest absolute Gasteiger partial charge is 0.468 e. The molecular formula is C10H11BrO4S. The molecule has 6 heteroatoms. The van der Waals surface area contributed by atoms with Crippen LogP contribution in [-0.2, 0) is 18.8 Å². The van der Waals surface area contributed by atoms with Crippen LogP contribution in [-0.4, -0.2) is 20.2 Å². The Hall–Kier alpha value is -0.560. The van der Waals surface area contributed by atoms with Crippen LogP contribution in [0.2, 0.25) is 0 Å². The Kier molecular flexibility index (Phi) is 5.83. The van der Waals surface area contributed by atoms with Crippen molar-refractivity contribution in [2.75, 3.05) is 14.2 Å². The highest BCUT2D eigenvalue weighted by molar-refractivity contribution is 9.09. The van der Waals surface area contributed by atoms with E-state index in [1.54, 1.807) is 0 Å². The Balaban J connectivity index is 2.67. The van der Waals surface area contributed by atoms with Crippen molar-refractivity contribution in [2.45, 2.75) is 9.72 Å². The summed E-state index contributed by atoms with van der Waals surface area (Å²) in [5.41, 5.74) is 0.827. The summed E-state index contributed by atoms with van der Waals surface area (Å²) in [6.45, 7) is 0. The number of alkyl halides is 1. The van der Waals surface area contributed by atoms with Gasteiger partial charge >= 0.3 is 5.97 Å². The lowest BCUT2D eigenvalue weighted by atomic mass is 10.1. The van der Waals surface area contributed by atoms with Crippen LogP contribution in [0.3, 0.4) is 0 Å². The lowest BCUT2D eigenvalue weighted by molar-refractivity contribution is -0.160. The maximum Gasteiger partial charge on any atom is 0.323 e. The highest BCUT2D eigenvalue weighted by atomic mass is 79.9. The lowest BCUT2D eigenvalue weighted by Crippen LogP contribution is -2.07. The van der Waals surface area contributed by atoms with Crippen LogP contribution in [0.5, 0.6) is 0 Å². The average molecular weight is 307 g/mol. The maximum atomic E-state index is 11.3. The Bertz CT molecular complexity index is 341. The van der Waals surface area contributed by atoms with Gasteiger partial charge in [-0.1, -0.05) is 28.1 Å². The van der Waals surface area contributed by atoms with Crippen molar-refractivity contribution in [1.82, 2.24) is 0 Å². The third-order valence-corrected chi connectivity index (χ3v) is 3.35. The summed E-state index contributed by atoms with van der Waals surface area (Å²) in [5, 5.41) is 0. The van der Waals surface area contributed by atoms with E-state index in [0.29, 0.717) is 0 Å². The van der Waals surface area contributed by atoms with Crippen LogP contribution in [0.25, 0.3) is 0 Å². The summed E-state index contributed by atoms with van der Waals surface area (Å²) in [5.74, 6) is -0.325. The summed E-state index contributed by atoms with van der Waals surface area (Å²) in [6.07, 6.45) is 0. The Labute approximate surface area is 107 Å². The zero-order chi connectivity index (χ0) is 12.0. The van der Waals surface area contributed by atoms with Crippen molar-refractivity contribution in [3.05, 3.63) is 29.8 Å². The highest BCUT2D eigenvalue weighted by Gasteiger charge is 2.17. The van der Waals surface area contributed by atoms with Gasteiger partial charge in [-0.15, -0.1) is 0 Å². The van der Waals surface area contributed by atoms with Gasteiger partial charge in [-0.05, 0) is 17.7 Å². The minimum atomic E-state index is -0.445. The molecule has 0 N–H and O–H groups in total. The van der Waals surface area contributed by atoms with Crippen LogP contribution < -0.4 is 0 Å². The molecule has 0 fully saturated rings. The van der Waals surface area contributed by atoms with Gasteiger partial charge in [0.25, 0.3) is 0 Å². The van der Waals surface area contributed by atoms with Crippen molar-refractivity contribution in [2.24, 2.45) is 0 Å². The Morgan fingerprint density at radius 3 is 2.44 bits per heavy atom. The number of benzene rings is 1. The van der Waals surface area contributed by atoms with Crippen LogP contribution in [0.1, 0.15) is 10.4 Å². The predicted octanol–water partition coefficient (Wildman–Crippen LogP) is 2.88. The molecular weight excluding hydrogens is 296 g/mol. The summed E-state index contributed by atoms with van der Waals surface area (Å²) < 4.78 is 9.33. The first-order chi connectivity index (χ1) is 7.69. The molecule has 0 spiro atoms. The first-order valence-electron chi connectivity index (χ1n) is 4.38. The number of rotatable bonds is 5. The summed E-state index contributed by atoms with van der Waals surface area (Å²) in [4.78, 5) is 16.1. The van der Waals surface area contributed by atoms with Crippen LogP contribution in [0.4, 0.5) is 0 Å². The number of hydrogen-bond donors (Lipinski definition) is 0. The number of methoxy groups -OCH3 is 1. The van der Waals surface area contributed by atoms with Gasteiger partial charge in [0.2, 0.25) is 0 Å². The van der Waals surface area contributed by atoms with Gasteiger partial charge in [0, 0.05) is 4.90 Å². The van der Waals surface area contributed by atoms with E-state index in [-0.39, 0.29) is 5.97 Å². The molecule has 1 aromatic rings. The van der Waals surface area contributed by atoms with Gasteiger partial charge in [-0.2, -0.15) is 4.33 Å². The fourth-order valence-corrected chi connectivity index (χ4v) is 1.89. The molecule has 0 saturated heterocycles. The predicted molar refractivity (Wildman–Crippen MR) is 64.1 cm³/mol. The normalized spacial score (nSPS) is 12.2. The van der Waals surface area contributed by atoms with Crippen molar-refractivity contribution >= 4 is 33.9 Å². The number of carbonyl (C=O) groups excluding carboxylic acids is 1. The topological polar surface area (TPSA) is 44.8 Å². The van der Waals surface area contributed by atoms with E-state index in [1.165, 1.54) is 14.2 Å². The SMILES string of the molecule is COOSc1ccc(C(Br)C(=O)OC)cc1. The molecule has 4 nitrogen and oxygen atoms in total. The Morgan fingerprint density at radius 1 is 1.31 bits per heavy atom. The smallest absolute Gasteiger partial charge is 0.323 e. The van der Waals surface area contributed by atoms with Gasteiger partial charge in [-0.3, -0.25) is 4.79 Å². The summed E-state index contributed by atoms with van der Waals surface area (Å²) in [7, 11) is 2.79. The maximum absolute atomic E-state index is 11.3. The molecule has 1 rings (SSSR count). The molecule has 88 valence electrons. The van der Waals surface area contributed by atoms with E-state index in [4.69, 9.17) is 4.33 Å². The average Bonchev–Trinajstić information content (AvgIpc) is 2.35. The van der Waals surface area contributed by atoms with Crippen LogP contribution in [0, 0.1) is 0 Å². The van der Waals surface area contributed by atoms with Crippen molar-refractivity contribution in [3.63, 3.8) is 0 Å². The molecule has 0 saturated carbocycles. The molecule has 0 aliphatic rings. The molecule has 0 amide bonds. The molecule has 16 heavy (non-hydrogen) atoms. The third kappa shape index (κ3) is 3.79. The minimum Gasteiger partial charge on any atom is -0.468 e. The van der Waals surface area contributed by atoms with Gasteiger partial charge < -0.3 is 4.74 Å². The molecule has 1 atom stereocenters. The van der Waals surface area contributed by atoms with Crippen LogP contribution >= 0.6 is 28.0 Å². The summed E-state index contributed by atoms with van der Waals surface area (Å²) >= 11 is 4.35. The Morgan fingerprint density at radius 2 is 1.94 bits per heavy atom. The van der Waals surface area contributed by atoms with E-state index in [0.717, 1.165) is 22.5 Å². The van der Waals surface area contributed by atoms with Gasteiger partial charge in [0.05, 0.1) is 26.3 Å². The van der Waals surface area contributed by atoms with E-state index in [2.05, 4.69) is 25.6 Å². The quantitative estimate of drug-likeness (QED) is 0.275. The van der Waals surface area contributed by atoms with Gasteiger partial charge in [-0.25, -0.2) is 4.89 Å². The van der Waals surface area contributed by atoms with Gasteiger partial charge in [0.15, 0.2) is 0 Å². The molecule has 0 aliphatic heterocycles. The zero-order valence-electron chi connectivity index (χ0n) is 8.81. The molecule has 0 aliphatic carbocycles. The van der Waals surface area contributed by atoms with Gasteiger partial charge in [0.1, 0.15) is 4.83 Å². The number of esters is 1. The fourth-order valence-electron chi connectivity index (χ4n) is 1.01. The minimum absolute atomic E-state index is 0.325. The van der Waals surface area contributed by atoms with Crippen molar-refractivity contribution in [3.8, 4) is 0 Å². The number of carbonyl (C=O) groups is 1. The second kappa shape index (κ2) is 6.90. The fraction of sp³-hybridized carbons (Fsp3) is 0.300. The monoisotopic (exact) mass is 306 g/mol. The molecule has 0 aromatic heterocycles. The third-order valence-electron chi connectivity index (χ3n) is 1.78. The zero-order valence-corrected chi connectivity index (χ0v) is 11.2. The molecule has 0 bridgehead atoms. The molecule has 0 heterocycles. The summed E-state index contributed by atoms with van der Waals surface area (Å²) in [6, 6.07) is 7.29. The molecule has 1 aromatic carbocycles. The van der Waals surface area contributed by atoms with Crippen molar-refractivity contribution in [1.29, 1.82) is 0 Å². The molecule has 0 radical (unpaired) electrons. The number of ether oxygens (including phenoxy) is 1. The first kappa shape index (κ1) is 13.5. The first-order valence-corrected chi connectivity index (χ1v) is 6.04. The van der Waals surface area contributed by atoms with Crippen LogP contribution in [0.15, 0.2) is 29.2 Å².